The highest BCUT2D eigenvalue weighted by Gasteiger charge is 2.05. The van der Waals surface area contributed by atoms with Crippen LogP contribution in [-0.2, 0) is 13.1 Å². The van der Waals surface area contributed by atoms with Gasteiger partial charge in [0.1, 0.15) is 5.82 Å². The van der Waals surface area contributed by atoms with Crippen molar-refractivity contribution in [1.82, 2.24) is 10.2 Å². The number of thiophene rings is 1. The van der Waals surface area contributed by atoms with Crippen LogP contribution >= 0.6 is 23.6 Å². The second kappa shape index (κ2) is 6.63. The van der Waals surface area contributed by atoms with Gasteiger partial charge in [-0.15, -0.1) is 0 Å². The Morgan fingerprint density at radius 2 is 2.00 bits per heavy atom. The van der Waals surface area contributed by atoms with Crippen LogP contribution in [0.1, 0.15) is 11.1 Å². The molecule has 0 radical (unpaired) electrons. The van der Waals surface area contributed by atoms with Gasteiger partial charge in [-0.25, -0.2) is 4.39 Å². The fraction of sp³-hybridized carbons (Fsp3) is 0.214. The Hall–Kier alpha value is -1.46. The summed E-state index contributed by atoms with van der Waals surface area (Å²) in [6.45, 7) is 1.39. The zero-order valence-electron chi connectivity index (χ0n) is 10.6. The van der Waals surface area contributed by atoms with Crippen LogP contribution in [0.4, 0.5) is 4.39 Å². The molecule has 1 aromatic carbocycles. The monoisotopic (exact) mass is 294 g/mol. The van der Waals surface area contributed by atoms with Crippen molar-refractivity contribution in [2.45, 2.75) is 13.1 Å². The minimum absolute atomic E-state index is 0.221. The largest absolute Gasteiger partial charge is 0.358 e. The van der Waals surface area contributed by atoms with Gasteiger partial charge in [0.25, 0.3) is 0 Å². The molecule has 0 spiro atoms. The molecule has 0 saturated heterocycles. The van der Waals surface area contributed by atoms with Gasteiger partial charge in [0.15, 0.2) is 5.11 Å². The molecule has 0 atom stereocenters. The van der Waals surface area contributed by atoms with E-state index in [2.05, 4.69) is 22.1 Å². The Bertz CT molecular complexity index is 523. The van der Waals surface area contributed by atoms with Crippen LogP contribution in [-0.4, -0.2) is 17.1 Å². The van der Waals surface area contributed by atoms with Gasteiger partial charge in [-0.05, 0) is 52.3 Å². The fourth-order valence-electron chi connectivity index (χ4n) is 1.64. The van der Waals surface area contributed by atoms with E-state index in [1.807, 2.05) is 11.9 Å². The lowest BCUT2D eigenvalue weighted by atomic mass is 10.2. The van der Waals surface area contributed by atoms with Gasteiger partial charge in [-0.1, -0.05) is 12.1 Å². The number of thiocarbonyl (C=S) groups is 1. The summed E-state index contributed by atoms with van der Waals surface area (Å²) in [5.74, 6) is -0.221. The van der Waals surface area contributed by atoms with Crippen LogP contribution in [0.3, 0.4) is 0 Å². The fourth-order valence-corrected chi connectivity index (χ4v) is 2.44. The molecule has 19 heavy (non-hydrogen) atoms. The van der Waals surface area contributed by atoms with Gasteiger partial charge in [0, 0.05) is 20.1 Å². The lowest BCUT2D eigenvalue weighted by Gasteiger charge is -2.20. The van der Waals surface area contributed by atoms with E-state index >= 15 is 0 Å². The van der Waals surface area contributed by atoms with Crippen molar-refractivity contribution < 1.29 is 4.39 Å². The van der Waals surface area contributed by atoms with Crippen molar-refractivity contribution in [3.05, 3.63) is 58.0 Å². The summed E-state index contributed by atoms with van der Waals surface area (Å²) < 4.78 is 12.8. The molecule has 1 N–H and O–H groups in total. The summed E-state index contributed by atoms with van der Waals surface area (Å²) in [4.78, 5) is 1.99. The Morgan fingerprint density at radius 3 is 2.63 bits per heavy atom. The molecule has 5 heteroatoms. The normalized spacial score (nSPS) is 10.2. The zero-order valence-corrected chi connectivity index (χ0v) is 12.2. The minimum atomic E-state index is -0.221. The van der Waals surface area contributed by atoms with E-state index in [-0.39, 0.29) is 5.82 Å². The molecule has 2 rings (SSSR count). The third-order valence-corrected chi connectivity index (χ3v) is 3.89. The van der Waals surface area contributed by atoms with E-state index in [1.165, 1.54) is 17.7 Å². The van der Waals surface area contributed by atoms with Crippen LogP contribution < -0.4 is 5.32 Å². The molecule has 0 saturated carbocycles. The second-order valence-electron chi connectivity index (χ2n) is 4.27. The van der Waals surface area contributed by atoms with Crippen LogP contribution in [0, 0.1) is 5.82 Å². The average Bonchev–Trinajstić information content (AvgIpc) is 2.90. The maximum absolute atomic E-state index is 12.8. The molecule has 0 amide bonds. The van der Waals surface area contributed by atoms with Crippen molar-refractivity contribution in [3.8, 4) is 0 Å². The average molecular weight is 294 g/mol. The summed E-state index contributed by atoms with van der Waals surface area (Å²) in [6.07, 6.45) is 0. The quantitative estimate of drug-likeness (QED) is 0.870. The summed E-state index contributed by atoms with van der Waals surface area (Å²) in [7, 11) is 1.96. The Balaban J connectivity index is 1.82. The number of hydrogen-bond acceptors (Lipinski definition) is 2. The van der Waals surface area contributed by atoms with Gasteiger partial charge < -0.3 is 10.2 Å². The highest BCUT2D eigenvalue weighted by Crippen LogP contribution is 2.08. The number of nitrogens with zero attached hydrogens (tertiary/aromatic N) is 1. The zero-order chi connectivity index (χ0) is 13.7. The molecule has 0 aliphatic carbocycles. The van der Waals surface area contributed by atoms with Gasteiger partial charge in [-0.2, -0.15) is 11.3 Å². The van der Waals surface area contributed by atoms with Crippen molar-refractivity contribution in [2.75, 3.05) is 7.05 Å². The SMILES string of the molecule is CN(Cc1ccsc1)C(=S)NCc1ccc(F)cc1. The molecule has 1 aromatic heterocycles. The third kappa shape index (κ3) is 4.29. The maximum atomic E-state index is 12.8. The standard InChI is InChI=1S/C14H15FN2S2/c1-17(9-12-6-7-19-10-12)14(18)16-8-11-2-4-13(15)5-3-11/h2-7,10H,8-9H2,1H3,(H,16,18). The van der Waals surface area contributed by atoms with E-state index in [0.29, 0.717) is 11.7 Å². The Kier molecular flexibility index (Phi) is 4.87. The first-order valence-corrected chi connectivity index (χ1v) is 7.25. The highest BCUT2D eigenvalue weighted by atomic mass is 32.1. The van der Waals surface area contributed by atoms with E-state index < -0.39 is 0 Å². The van der Waals surface area contributed by atoms with Crippen LogP contribution in [0.2, 0.25) is 0 Å². The highest BCUT2D eigenvalue weighted by molar-refractivity contribution is 7.80. The number of halogens is 1. The lowest BCUT2D eigenvalue weighted by molar-refractivity contribution is 0.489. The molecule has 2 nitrogen and oxygen atoms in total. The van der Waals surface area contributed by atoms with E-state index in [1.54, 1.807) is 23.5 Å². The van der Waals surface area contributed by atoms with Gasteiger partial charge in [0.2, 0.25) is 0 Å². The molecular formula is C14H15FN2S2. The third-order valence-electron chi connectivity index (χ3n) is 2.70. The first-order valence-electron chi connectivity index (χ1n) is 5.89. The molecule has 100 valence electrons. The van der Waals surface area contributed by atoms with Crippen LogP contribution in [0.15, 0.2) is 41.1 Å². The van der Waals surface area contributed by atoms with Gasteiger partial charge in [0.05, 0.1) is 0 Å². The molecule has 0 aliphatic heterocycles. The number of rotatable bonds is 4. The second-order valence-corrected chi connectivity index (χ2v) is 5.44. The molecule has 0 aliphatic rings. The Labute approximate surface area is 121 Å². The topological polar surface area (TPSA) is 15.3 Å². The summed E-state index contributed by atoms with van der Waals surface area (Å²) in [5.41, 5.74) is 2.26. The number of hydrogen-bond donors (Lipinski definition) is 1. The first kappa shape index (κ1) is 14.0. The summed E-state index contributed by atoms with van der Waals surface area (Å²) in [5, 5.41) is 8.02. The molecule has 1 heterocycles. The molecular weight excluding hydrogens is 279 g/mol. The predicted octanol–water partition coefficient (Wildman–Crippen LogP) is 3.39. The first-order chi connectivity index (χ1) is 9.15. The molecule has 0 unspecified atom stereocenters. The maximum Gasteiger partial charge on any atom is 0.169 e. The van der Waals surface area contributed by atoms with Crippen LogP contribution in [0.25, 0.3) is 0 Å². The number of benzene rings is 1. The predicted molar refractivity (Wildman–Crippen MR) is 81.6 cm³/mol. The summed E-state index contributed by atoms with van der Waals surface area (Å²) in [6, 6.07) is 8.50. The number of nitrogens with one attached hydrogen (secondary N) is 1. The molecule has 0 fully saturated rings. The summed E-state index contributed by atoms with van der Waals surface area (Å²) >= 11 is 7.00. The van der Waals surface area contributed by atoms with Gasteiger partial charge >= 0.3 is 0 Å². The smallest absolute Gasteiger partial charge is 0.169 e. The van der Waals surface area contributed by atoms with E-state index in [4.69, 9.17) is 12.2 Å². The van der Waals surface area contributed by atoms with Crippen LogP contribution in [0.5, 0.6) is 0 Å². The lowest BCUT2D eigenvalue weighted by Crippen LogP contribution is -2.36. The van der Waals surface area contributed by atoms with Gasteiger partial charge in [-0.3, -0.25) is 0 Å². The van der Waals surface area contributed by atoms with Crippen molar-refractivity contribution >= 4 is 28.7 Å². The van der Waals surface area contributed by atoms with E-state index in [9.17, 15) is 4.39 Å². The van der Waals surface area contributed by atoms with E-state index in [0.717, 1.165) is 12.1 Å². The minimum Gasteiger partial charge on any atom is -0.358 e. The van der Waals surface area contributed by atoms with Crippen molar-refractivity contribution in [2.24, 2.45) is 0 Å². The Morgan fingerprint density at radius 1 is 1.26 bits per heavy atom. The molecule has 2 aromatic rings. The molecule has 0 bridgehead atoms. The van der Waals surface area contributed by atoms with Crippen molar-refractivity contribution in [1.29, 1.82) is 0 Å². The van der Waals surface area contributed by atoms with Crippen molar-refractivity contribution in [3.63, 3.8) is 0 Å².